The third kappa shape index (κ3) is 4.83. The number of aromatic nitrogens is 2. The molecule has 1 aliphatic rings. The molecule has 0 atom stereocenters. The number of amides is 1. The summed E-state index contributed by atoms with van der Waals surface area (Å²) in [4.78, 5) is 26.4. The largest absolute Gasteiger partial charge is 0.336 e. The molecule has 30 heavy (non-hydrogen) atoms. The van der Waals surface area contributed by atoms with Gasteiger partial charge in [-0.3, -0.25) is 9.69 Å². The van der Waals surface area contributed by atoms with E-state index in [0.717, 1.165) is 49.8 Å². The van der Waals surface area contributed by atoms with Gasteiger partial charge in [0.05, 0.1) is 11.3 Å². The van der Waals surface area contributed by atoms with Gasteiger partial charge in [0.1, 0.15) is 0 Å². The van der Waals surface area contributed by atoms with Crippen molar-refractivity contribution in [1.82, 2.24) is 19.8 Å². The van der Waals surface area contributed by atoms with Crippen LogP contribution >= 0.6 is 0 Å². The summed E-state index contributed by atoms with van der Waals surface area (Å²) < 4.78 is 0. The van der Waals surface area contributed by atoms with Crippen molar-refractivity contribution < 1.29 is 4.79 Å². The smallest absolute Gasteiger partial charge is 0.256 e. The maximum atomic E-state index is 13.2. The van der Waals surface area contributed by atoms with Crippen LogP contribution in [0.2, 0.25) is 0 Å². The number of rotatable bonds is 5. The molecule has 0 saturated carbocycles. The van der Waals surface area contributed by atoms with E-state index >= 15 is 0 Å². The lowest BCUT2D eigenvalue weighted by Gasteiger charge is -2.35. The number of hydrogen-bond donors (Lipinski definition) is 1. The molecule has 1 N–H and O–H groups in total. The Balaban J connectivity index is 1.43. The van der Waals surface area contributed by atoms with Gasteiger partial charge in [-0.05, 0) is 37.6 Å². The van der Waals surface area contributed by atoms with Gasteiger partial charge in [-0.25, -0.2) is 9.97 Å². The third-order valence-corrected chi connectivity index (χ3v) is 5.29. The number of hydrogen-bond acceptors (Lipinski definition) is 5. The highest BCUT2D eigenvalue weighted by atomic mass is 16.2. The molecule has 0 aliphatic carbocycles. The number of anilines is 2. The van der Waals surface area contributed by atoms with Crippen LogP contribution in [0, 0.1) is 13.8 Å². The molecule has 1 saturated heterocycles. The minimum atomic E-state index is 0.0434. The quantitative estimate of drug-likeness (QED) is 0.705. The molecule has 4 rings (SSSR count). The highest BCUT2D eigenvalue weighted by Crippen LogP contribution is 2.22. The van der Waals surface area contributed by atoms with E-state index in [-0.39, 0.29) is 5.91 Å². The van der Waals surface area contributed by atoms with Crippen LogP contribution < -0.4 is 5.32 Å². The summed E-state index contributed by atoms with van der Waals surface area (Å²) in [6.45, 7) is 7.98. The van der Waals surface area contributed by atoms with Crippen molar-refractivity contribution in [3.8, 4) is 0 Å². The van der Waals surface area contributed by atoms with Crippen molar-refractivity contribution in [1.29, 1.82) is 0 Å². The van der Waals surface area contributed by atoms with Gasteiger partial charge in [0.2, 0.25) is 5.95 Å². The Hall–Kier alpha value is -3.25. The Morgan fingerprint density at radius 2 is 1.53 bits per heavy atom. The second kappa shape index (κ2) is 9.05. The van der Waals surface area contributed by atoms with Gasteiger partial charge in [0.25, 0.3) is 5.91 Å². The topological polar surface area (TPSA) is 61.4 Å². The number of carbonyl (C=O) groups is 1. The molecule has 1 fully saturated rings. The van der Waals surface area contributed by atoms with Gasteiger partial charge in [0.15, 0.2) is 0 Å². The first kappa shape index (κ1) is 20.0. The Labute approximate surface area is 177 Å². The van der Waals surface area contributed by atoms with Gasteiger partial charge >= 0.3 is 0 Å². The monoisotopic (exact) mass is 401 g/mol. The summed E-state index contributed by atoms with van der Waals surface area (Å²) in [5.74, 6) is 0.558. The molecular weight excluding hydrogens is 374 g/mol. The summed E-state index contributed by atoms with van der Waals surface area (Å²) in [5.41, 5.74) is 4.47. The van der Waals surface area contributed by atoms with Crippen LogP contribution in [0.5, 0.6) is 0 Å². The normalized spacial score (nSPS) is 14.5. The summed E-state index contributed by atoms with van der Waals surface area (Å²) >= 11 is 0. The van der Waals surface area contributed by atoms with Gasteiger partial charge in [-0.15, -0.1) is 0 Å². The van der Waals surface area contributed by atoms with E-state index in [1.807, 2.05) is 55.1 Å². The van der Waals surface area contributed by atoms with Crippen molar-refractivity contribution in [2.75, 3.05) is 31.5 Å². The maximum Gasteiger partial charge on any atom is 0.256 e. The second-order valence-electron chi connectivity index (χ2n) is 7.70. The van der Waals surface area contributed by atoms with Crippen LogP contribution in [0.25, 0.3) is 0 Å². The van der Waals surface area contributed by atoms with Crippen molar-refractivity contribution in [3.05, 3.63) is 83.2 Å². The van der Waals surface area contributed by atoms with E-state index in [9.17, 15) is 4.79 Å². The second-order valence-corrected chi connectivity index (χ2v) is 7.70. The highest BCUT2D eigenvalue weighted by Gasteiger charge is 2.24. The number of carbonyl (C=O) groups excluding carboxylic acids is 1. The standard InChI is InChI=1S/C24H27N5O/c1-18-16-19(2)26-24(25-18)27-22-11-7-6-10-21(22)23(30)29-14-12-28(13-15-29)17-20-8-4-3-5-9-20/h3-11,16H,12-15,17H2,1-2H3,(H,25,26,27). The summed E-state index contributed by atoms with van der Waals surface area (Å²) in [6, 6.07) is 20.0. The molecule has 1 amide bonds. The molecule has 0 bridgehead atoms. The van der Waals surface area contributed by atoms with Crippen LogP contribution in [0.3, 0.4) is 0 Å². The average Bonchev–Trinajstić information content (AvgIpc) is 2.74. The van der Waals surface area contributed by atoms with Crippen LogP contribution in [0.1, 0.15) is 27.3 Å². The van der Waals surface area contributed by atoms with E-state index in [4.69, 9.17) is 0 Å². The minimum Gasteiger partial charge on any atom is -0.336 e. The molecule has 6 nitrogen and oxygen atoms in total. The van der Waals surface area contributed by atoms with Gasteiger partial charge in [-0.2, -0.15) is 0 Å². The van der Waals surface area contributed by atoms with Gasteiger partial charge in [-0.1, -0.05) is 42.5 Å². The number of para-hydroxylation sites is 1. The number of aryl methyl sites for hydroxylation is 2. The fraction of sp³-hybridized carbons (Fsp3) is 0.292. The lowest BCUT2D eigenvalue weighted by Crippen LogP contribution is -2.48. The molecule has 3 aromatic rings. The Kier molecular flexibility index (Phi) is 6.05. The predicted octanol–water partition coefficient (Wildman–Crippen LogP) is 3.80. The van der Waals surface area contributed by atoms with Crippen molar-refractivity contribution in [3.63, 3.8) is 0 Å². The van der Waals surface area contributed by atoms with Crippen LogP contribution in [-0.2, 0) is 6.54 Å². The minimum absolute atomic E-state index is 0.0434. The van der Waals surface area contributed by atoms with Crippen molar-refractivity contribution in [2.24, 2.45) is 0 Å². The highest BCUT2D eigenvalue weighted by molar-refractivity contribution is 6.00. The third-order valence-electron chi connectivity index (χ3n) is 5.29. The Bertz CT molecular complexity index is 993. The fourth-order valence-corrected chi connectivity index (χ4v) is 3.80. The average molecular weight is 402 g/mol. The zero-order valence-electron chi connectivity index (χ0n) is 17.5. The molecule has 1 aromatic heterocycles. The molecule has 2 heterocycles. The van der Waals surface area contributed by atoms with E-state index in [1.54, 1.807) is 0 Å². The van der Waals surface area contributed by atoms with E-state index in [1.165, 1.54) is 5.56 Å². The summed E-state index contributed by atoms with van der Waals surface area (Å²) in [5, 5.41) is 3.24. The van der Waals surface area contributed by atoms with Crippen molar-refractivity contribution >= 4 is 17.5 Å². The molecule has 0 unspecified atom stereocenters. The Morgan fingerprint density at radius 3 is 2.23 bits per heavy atom. The van der Waals surface area contributed by atoms with Crippen molar-refractivity contribution in [2.45, 2.75) is 20.4 Å². The maximum absolute atomic E-state index is 13.2. The molecule has 1 aliphatic heterocycles. The molecule has 0 radical (unpaired) electrons. The first-order chi connectivity index (χ1) is 14.6. The van der Waals surface area contributed by atoms with E-state index in [2.05, 4.69) is 44.5 Å². The number of nitrogens with zero attached hydrogens (tertiary/aromatic N) is 4. The van der Waals surface area contributed by atoms with Crippen LogP contribution in [-0.4, -0.2) is 51.9 Å². The number of piperazine rings is 1. The zero-order valence-corrected chi connectivity index (χ0v) is 17.5. The van der Waals surface area contributed by atoms with Crippen LogP contribution in [0.4, 0.5) is 11.6 Å². The van der Waals surface area contributed by atoms with E-state index < -0.39 is 0 Å². The molecule has 6 heteroatoms. The molecule has 154 valence electrons. The number of nitrogens with one attached hydrogen (secondary N) is 1. The number of benzene rings is 2. The SMILES string of the molecule is Cc1cc(C)nc(Nc2ccccc2C(=O)N2CCN(Cc3ccccc3)CC2)n1. The van der Waals surface area contributed by atoms with Gasteiger partial charge < -0.3 is 10.2 Å². The zero-order chi connectivity index (χ0) is 20.9. The van der Waals surface area contributed by atoms with Gasteiger partial charge in [0, 0.05) is 44.1 Å². The fourth-order valence-electron chi connectivity index (χ4n) is 3.80. The van der Waals surface area contributed by atoms with E-state index in [0.29, 0.717) is 11.5 Å². The Morgan fingerprint density at radius 1 is 0.900 bits per heavy atom. The first-order valence-corrected chi connectivity index (χ1v) is 10.3. The lowest BCUT2D eigenvalue weighted by molar-refractivity contribution is 0.0629. The first-order valence-electron chi connectivity index (χ1n) is 10.3. The summed E-state index contributed by atoms with van der Waals surface area (Å²) in [7, 11) is 0. The predicted molar refractivity (Wildman–Crippen MR) is 119 cm³/mol. The summed E-state index contributed by atoms with van der Waals surface area (Å²) in [6.07, 6.45) is 0. The molecule has 0 spiro atoms. The molecular formula is C24H27N5O. The molecule has 2 aromatic carbocycles. The lowest BCUT2D eigenvalue weighted by atomic mass is 10.1. The van der Waals surface area contributed by atoms with Crippen LogP contribution in [0.15, 0.2) is 60.7 Å².